The Bertz CT molecular complexity index is 857. The van der Waals surface area contributed by atoms with E-state index in [9.17, 15) is 13.2 Å². The zero-order valence-electron chi connectivity index (χ0n) is 12.8. The molecule has 0 aliphatic heterocycles. The number of nitrogen functional groups attached to an aromatic ring is 1. The lowest BCUT2D eigenvalue weighted by atomic mass is 9.99. The fourth-order valence-electron chi connectivity index (χ4n) is 2.41. The third-order valence-electron chi connectivity index (χ3n) is 3.58. The number of halogens is 3. The molecule has 0 radical (unpaired) electrons. The summed E-state index contributed by atoms with van der Waals surface area (Å²) < 4.78 is 39.2. The summed E-state index contributed by atoms with van der Waals surface area (Å²) in [6.45, 7) is 1.90. The van der Waals surface area contributed by atoms with Crippen molar-refractivity contribution in [3.8, 4) is 22.4 Å². The number of benzene rings is 2. The van der Waals surface area contributed by atoms with Gasteiger partial charge in [-0.25, -0.2) is 9.97 Å². The first kappa shape index (κ1) is 16.0. The molecule has 1 heterocycles. The van der Waals surface area contributed by atoms with Crippen molar-refractivity contribution in [2.24, 2.45) is 0 Å². The van der Waals surface area contributed by atoms with Gasteiger partial charge in [-0.3, -0.25) is 0 Å². The minimum absolute atomic E-state index is 0.168. The highest BCUT2D eigenvalue weighted by Gasteiger charge is 2.36. The van der Waals surface area contributed by atoms with Crippen LogP contribution in [0.4, 0.5) is 19.0 Å². The van der Waals surface area contributed by atoms with Gasteiger partial charge in [0, 0.05) is 5.56 Å². The van der Waals surface area contributed by atoms with Crippen LogP contribution in [0.25, 0.3) is 22.4 Å². The van der Waals surface area contributed by atoms with Gasteiger partial charge in [-0.1, -0.05) is 60.2 Å². The SMILES string of the molecule is Cc1ccc(-c2nc(C(F)(F)F)nc(N)c2-c2ccccc2)cc1. The molecule has 0 atom stereocenters. The van der Waals surface area contributed by atoms with Crippen LogP contribution in [0.1, 0.15) is 11.4 Å². The van der Waals surface area contributed by atoms with E-state index in [1.54, 1.807) is 36.4 Å². The molecule has 0 aliphatic carbocycles. The number of nitrogens with zero attached hydrogens (tertiary/aromatic N) is 2. The molecule has 3 rings (SSSR count). The topological polar surface area (TPSA) is 51.8 Å². The van der Waals surface area contributed by atoms with E-state index in [0.29, 0.717) is 16.7 Å². The second-order valence-electron chi connectivity index (χ2n) is 5.39. The van der Waals surface area contributed by atoms with Gasteiger partial charge in [0.2, 0.25) is 5.82 Å². The first-order chi connectivity index (χ1) is 11.4. The molecule has 0 bridgehead atoms. The molecule has 3 nitrogen and oxygen atoms in total. The zero-order chi connectivity index (χ0) is 17.3. The summed E-state index contributed by atoms with van der Waals surface area (Å²) >= 11 is 0. The molecule has 2 aromatic carbocycles. The van der Waals surface area contributed by atoms with E-state index in [1.807, 2.05) is 25.1 Å². The highest BCUT2D eigenvalue weighted by atomic mass is 19.4. The second-order valence-corrected chi connectivity index (χ2v) is 5.39. The van der Waals surface area contributed by atoms with Gasteiger partial charge in [0.1, 0.15) is 5.82 Å². The number of rotatable bonds is 2. The average molecular weight is 329 g/mol. The number of aromatic nitrogens is 2. The summed E-state index contributed by atoms with van der Waals surface area (Å²) in [7, 11) is 0. The summed E-state index contributed by atoms with van der Waals surface area (Å²) in [5.74, 6) is -1.44. The molecular weight excluding hydrogens is 315 g/mol. The van der Waals surface area contributed by atoms with Gasteiger partial charge in [-0.05, 0) is 12.5 Å². The summed E-state index contributed by atoms with van der Waals surface area (Å²) in [5, 5.41) is 0. The molecule has 24 heavy (non-hydrogen) atoms. The third kappa shape index (κ3) is 3.08. The van der Waals surface area contributed by atoms with Gasteiger partial charge in [-0.15, -0.1) is 0 Å². The van der Waals surface area contributed by atoms with Crippen molar-refractivity contribution >= 4 is 5.82 Å². The van der Waals surface area contributed by atoms with E-state index < -0.39 is 12.0 Å². The first-order valence-corrected chi connectivity index (χ1v) is 7.23. The van der Waals surface area contributed by atoms with Gasteiger partial charge in [0.15, 0.2) is 0 Å². The van der Waals surface area contributed by atoms with Crippen molar-refractivity contribution < 1.29 is 13.2 Å². The van der Waals surface area contributed by atoms with Crippen LogP contribution in [-0.2, 0) is 6.18 Å². The predicted octanol–water partition coefficient (Wildman–Crippen LogP) is 4.72. The molecule has 3 aromatic rings. The van der Waals surface area contributed by atoms with Crippen molar-refractivity contribution in [3.05, 3.63) is 66.0 Å². The van der Waals surface area contributed by atoms with Gasteiger partial charge >= 0.3 is 6.18 Å². The second kappa shape index (κ2) is 5.96. The molecule has 0 amide bonds. The van der Waals surface area contributed by atoms with E-state index in [4.69, 9.17) is 5.73 Å². The van der Waals surface area contributed by atoms with Gasteiger partial charge in [-0.2, -0.15) is 13.2 Å². The summed E-state index contributed by atoms with van der Waals surface area (Å²) in [5.41, 5.74) is 8.65. The van der Waals surface area contributed by atoms with Crippen LogP contribution in [-0.4, -0.2) is 9.97 Å². The maximum atomic E-state index is 13.1. The molecule has 0 fully saturated rings. The number of hydrogen-bond donors (Lipinski definition) is 1. The summed E-state index contributed by atoms with van der Waals surface area (Å²) in [4.78, 5) is 7.23. The standard InChI is InChI=1S/C18H14F3N3/c1-11-7-9-13(10-8-11)15-14(12-5-3-2-4-6-12)16(22)24-17(23-15)18(19,20)21/h2-10H,1H3,(H2,22,23,24). The van der Waals surface area contributed by atoms with E-state index in [-0.39, 0.29) is 11.5 Å². The predicted molar refractivity (Wildman–Crippen MR) is 87.1 cm³/mol. The van der Waals surface area contributed by atoms with E-state index in [1.165, 1.54) is 0 Å². The molecule has 0 saturated carbocycles. The molecule has 1 aromatic heterocycles. The van der Waals surface area contributed by atoms with E-state index in [2.05, 4.69) is 9.97 Å². The van der Waals surface area contributed by atoms with Crippen LogP contribution in [0.3, 0.4) is 0 Å². The van der Waals surface area contributed by atoms with Crippen LogP contribution in [0.5, 0.6) is 0 Å². The normalized spacial score (nSPS) is 11.5. The maximum Gasteiger partial charge on any atom is 0.451 e. The fourth-order valence-corrected chi connectivity index (χ4v) is 2.41. The Balaban J connectivity index is 2.30. The lowest BCUT2D eigenvalue weighted by Gasteiger charge is -2.15. The molecule has 6 heteroatoms. The maximum absolute atomic E-state index is 13.1. The Kier molecular flexibility index (Phi) is 3.97. The quantitative estimate of drug-likeness (QED) is 0.740. The van der Waals surface area contributed by atoms with E-state index in [0.717, 1.165) is 5.56 Å². The van der Waals surface area contributed by atoms with Crippen LogP contribution in [0.15, 0.2) is 54.6 Å². The van der Waals surface area contributed by atoms with Gasteiger partial charge in [0.05, 0.1) is 11.3 Å². The van der Waals surface area contributed by atoms with Crippen molar-refractivity contribution in [2.45, 2.75) is 13.1 Å². The number of nitrogens with two attached hydrogens (primary N) is 1. The molecule has 122 valence electrons. The summed E-state index contributed by atoms with van der Waals surface area (Å²) in [6, 6.07) is 16.0. The molecule has 0 saturated heterocycles. The van der Waals surface area contributed by atoms with Gasteiger partial charge < -0.3 is 5.73 Å². The average Bonchev–Trinajstić information content (AvgIpc) is 2.55. The van der Waals surface area contributed by atoms with Crippen LogP contribution < -0.4 is 5.73 Å². The van der Waals surface area contributed by atoms with Crippen LogP contribution in [0.2, 0.25) is 0 Å². The third-order valence-corrected chi connectivity index (χ3v) is 3.58. The lowest BCUT2D eigenvalue weighted by molar-refractivity contribution is -0.144. The van der Waals surface area contributed by atoms with Crippen molar-refractivity contribution in [1.29, 1.82) is 0 Å². The number of hydrogen-bond acceptors (Lipinski definition) is 3. The minimum Gasteiger partial charge on any atom is -0.383 e. The molecule has 0 spiro atoms. The largest absolute Gasteiger partial charge is 0.451 e. The summed E-state index contributed by atoms with van der Waals surface area (Å²) in [6.07, 6.45) is -4.66. The number of aryl methyl sites for hydroxylation is 1. The lowest BCUT2D eigenvalue weighted by Crippen LogP contribution is -2.14. The van der Waals surface area contributed by atoms with Crippen molar-refractivity contribution in [3.63, 3.8) is 0 Å². The highest BCUT2D eigenvalue weighted by Crippen LogP contribution is 2.37. The Morgan fingerprint density at radius 2 is 1.46 bits per heavy atom. The Morgan fingerprint density at radius 3 is 2.04 bits per heavy atom. The number of alkyl halides is 3. The molecular formula is C18H14F3N3. The Morgan fingerprint density at radius 1 is 0.833 bits per heavy atom. The monoisotopic (exact) mass is 329 g/mol. The highest BCUT2D eigenvalue weighted by molar-refractivity contribution is 5.87. The number of anilines is 1. The molecule has 0 aliphatic rings. The fraction of sp³-hybridized carbons (Fsp3) is 0.111. The first-order valence-electron chi connectivity index (χ1n) is 7.23. The van der Waals surface area contributed by atoms with Crippen LogP contribution >= 0.6 is 0 Å². The van der Waals surface area contributed by atoms with Gasteiger partial charge in [0.25, 0.3) is 0 Å². The van der Waals surface area contributed by atoms with E-state index >= 15 is 0 Å². The molecule has 2 N–H and O–H groups in total. The van der Waals surface area contributed by atoms with Crippen molar-refractivity contribution in [2.75, 3.05) is 5.73 Å². The minimum atomic E-state index is -4.66. The van der Waals surface area contributed by atoms with Crippen LogP contribution in [0, 0.1) is 6.92 Å². The Hall–Kier alpha value is -2.89. The zero-order valence-corrected chi connectivity index (χ0v) is 12.8. The Labute approximate surface area is 137 Å². The molecule has 0 unspecified atom stereocenters. The van der Waals surface area contributed by atoms with Crippen molar-refractivity contribution in [1.82, 2.24) is 9.97 Å². The smallest absolute Gasteiger partial charge is 0.383 e.